The van der Waals surface area contributed by atoms with Gasteiger partial charge in [0.1, 0.15) is 0 Å². The van der Waals surface area contributed by atoms with Crippen molar-refractivity contribution in [3.8, 4) is 0 Å². The Balaban J connectivity index is 3.74. The van der Waals surface area contributed by atoms with Crippen molar-refractivity contribution in [1.29, 1.82) is 0 Å². The maximum Gasteiger partial charge on any atom is 0.0701 e. The molecule has 21 heteroatoms. The molecule has 0 heterocycles. The van der Waals surface area contributed by atoms with Gasteiger partial charge in [0.2, 0.25) is 0 Å². The van der Waals surface area contributed by atoms with Crippen molar-refractivity contribution in [2.45, 2.75) is 71.1 Å². The zero-order chi connectivity index (χ0) is 52.4. The SMILES string of the molecule is CCCCCCCCCCCCN(CCOCCOCCOCCOCCOCCOCCOCCOCCOCCO)CCOCCOCCOCCOCCOCCOCCOCCOCCOCCO. The van der Waals surface area contributed by atoms with E-state index in [1.54, 1.807) is 0 Å². The van der Waals surface area contributed by atoms with Crippen molar-refractivity contribution in [1.82, 2.24) is 4.90 Å². The molecule has 0 aliphatic carbocycles. The van der Waals surface area contributed by atoms with Crippen LogP contribution in [0.2, 0.25) is 0 Å². The molecule has 0 amide bonds. The van der Waals surface area contributed by atoms with Crippen molar-refractivity contribution in [3.05, 3.63) is 0 Å². The van der Waals surface area contributed by atoms with E-state index in [1.165, 1.54) is 64.2 Å². The van der Waals surface area contributed by atoms with Gasteiger partial charge in [0, 0.05) is 13.1 Å². The maximum absolute atomic E-state index is 8.64. The average molecular weight is 1070 g/mol. The number of nitrogens with zero attached hydrogens (tertiary/aromatic N) is 1. The van der Waals surface area contributed by atoms with Crippen LogP contribution in [0.4, 0.5) is 0 Å². The van der Waals surface area contributed by atoms with E-state index < -0.39 is 0 Å². The summed E-state index contributed by atoms with van der Waals surface area (Å²) in [4.78, 5) is 2.44. The minimum atomic E-state index is 0.0210. The van der Waals surface area contributed by atoms with Gasteiger partial charge >= 0.3 is 0 Å². The highest BCUT2D eigenvalue weighted by atomic mass is 16.6. The molecule has 0 aromatic carbocycles. The molecule has 0 bridgehead atoms. The summed E-state index contributed by atoms with van der Waals surface area (Å²) in [7, 11) is 0. The van der Waals surface area contributed by atoms with E-state index in [9.17, 15) is 0 Å². The van der Waals surface area contributed by atoms with Gasteiger partial charge in [-0.2, -0.15) is 0 Å². The van der Waals surface area contributed by atoms with Crippen LogP contribution in [0, 0.1) is 0 Å². The van der Waals surface area contributed by atoms with Crippen molar-refractivity contribution in [2.75, 3.05) is 271 Å². The molecule has 21 nitrogen and oxygen atoms in total. The fourth-order valence-electron chi connectivity index (χ4n) is 6.40. The largest absolute Gasteiger partial charge is 0.394 e. The van der Waals surface area contributed by atoms with Crippen LogP contribution in [0.1, 0.15) is 71.1 Å². The molecule has 0 rings (SSSR count). The summed E-state index contributed by atoms with van der Waals surface area (Å²) in [6, 6.07) is 0. The van der Waals surface area contributed by atoms with E-state index in [0.717, 1.165) is 19.6 Å². The first kappa shape index (κ1) is 72.2. The van der Waals surface area contributed by atoms with E-state index >= 15 is 0 Å². The highest BCUT2D eigenvalue weighted by Gasteiger charge is 2.06. The predicted octanol–water partition coefficient (Wildman–Crippen LogP) is 3.49. The van der Waals surface area contributed by atoms with Crippen molar-refractivity contribution >= 4 is 0 Å². The lowest BCUT2D eigenvalue weighted by atomic mass is 10.1. The second-order valence-corrected chi connectivity index (χ2v) is 16.5. The van der Waals surface area contributed by atoms with Gasteiger partial charge < -0.3 is 95.5 Å². The molecular weight excluding hydrogens is 959 g/mol. The number of aliphatic hydroxyl groups excluding tert-OH is 2. The first-order valence-electron chi connectivity index (χ1n) is 27.7. The molecule has 440 valence electrons. The Labute approximate surface area is 441 Å². The van der Waals surface area contributed by atoms with Gasteiger partial charge in [0.25, 0.3) is 0 Å². The standard InChI is InChI=1S/C52H107NO20/c1-2-3-4-5-6-7-8-9-10-11-12-53(13-17-56-21-25-60-29-33-64-37-41-68-45-49-72-51-47-70-43-39-66-35-31-62-27-23-58-19-15-54)14-18-57-22-26-61-30-34-65-38-42-69-46-50-73-52-48-71-44-40-67-36-32-63-28-24-59-20-16-55/h54-55H,2-52H2,1H3. The Morgan fingerprint density at radius 2 is 0.356 bits per heavy atom. The number of aliphatic hydroxyl groups is 2. The predicted molar refractivity (Wildman–Crippen MR) is 277 cm³/mol. The lowest BCUT2D eigenvalue weighted by Crippen LogP contribution is -2.32. The Hall–Kier alpha value is -0.840. The van der Waals surface area contributed by atoms with E-state index in [4.69, 9.17) is 95.5 Å². The summed E-state index contributed by atoms with van der Waals surface area (Å²) in [5.41, 5.74) is 0. The minimum absolute atomic E-state index is 0.0210. The molecule has 0 saturated carbocycles. The maximum atomic E-state index is 8.64. The first-order chi connectivity index (χ1) is 36.3. The normalized spacial score (nSPS) is 11.8. The lowest BCUT2D eigenvalue weighted by Gasteiger charge is -2.22. The lowest BCUT2D eigenvalue weighted by molar-refractivity contribution is -0.0265. The van der Waals surface area contributed by atoms with E-state index in [1.807, 2.05) is 0 Å². The fraction of sp³-hybridized carbons (Fsp3) is 1.00. The van der Waals surface area contributed by atoms with Crippen LogP contribution in [-0.4, -0.2) is 286 Å². The van der Waals surface area contributed by atoms with Crippen LogP contribution >= 0.6 is 0 Å². The smallest absolute Gasteiger partial charge is 0.0701 e. The minimum Gasteiger partial charge on any atom is -0.394 e. The van der Waals surface area contributed by atoms with Crippen LogP contribution in [0.3, 0.4) is 0 Å². The van der Waals surface area contributed by atoms with E-state index in [0.29, 0.717) is 238 Å². The molecule has 0 fully saturated rings. The summed E-state index contributed by atoms with van der Waals surface area (Å²) >= 11 is 0. The zero-order valence-electron chi connectivity index (χ0n) is 45.8. The summed E-state index contributed by atoms with van der Waals surface area (Å²) in [5.74, 6) is 0. The Morgan fingerprint density at radius 1 is 0.192 bits per heavy atom. The quantitative estimate of drug-likeness (QED) is 0.0836. The monoisotopic (exact) mass is 1070 g/mol. The molecule has 0 saturated heterocycles. The zero-order valence-corrected chi connectivity index (χ0v) is 45.8. The molecule has 73 heavy (non-hydrogen) atoms. The molecule has 0 aromatic heterocycles. The third-order valence-corrected chi connectivity index (χ3v) is 10.4. The van der Waals surface area contributed by atoms with Crippen molar-refractivity contribution in [3.63, 3.8) is 0 Å². The van der Waals surface area contributed by atoms with Crippen LogP contribution in [-0.2, 0) is 85.3 Å². The van der Waals surface area contributed by atoms with E-state index in [-0.39, 0.29) is 13.2 Å². The van der Waals surface area contributed by atoms with Crippen molar-refractivity contribution in [2.24, 2.45) is 0 Å². The molecule has 0 aromatic rings. The molecule has 0 atom stereocenters. The molecule has 0 spiro atoms. The molecule has 2 N–H and O–H groups in total. The fourth-order valence-corrected chi connectivity index (χ4v) is 6.40. The van der Waals surface area contributed by atoms with Crippen LogP contribution in [0.15, 0.2) is 0 Å². The third kappa shape index (κ3) is 67.2. The number of ether oxygens (including phenoxy) is 18. The number of unbranched alkanes of at least 4 members (excludes halogenated alkanes) is 9. The topological polar surface area (TPSA) is 210 Å². The highest BCUT2D eigenvalue weighted by Crippen LogP contribution is 2.11. The second kappa shape index (κ2) is 69.2. The highest BCUT2D eigenvalue weighted by molar-refractivity contribution is 4.59. The second-order valence-electron chi connectivity index (χ2n) is 16.5. The average Bonchev–Trinajstić information content (AvgIpc) is 3.40. The summed E-state index contributed by atoms with van der Waals surface area (Å²) in [5, 5.41) is 17.3. The molecule has 0 unspecified atom stereocenters. The summed E-state index contributed by atoms with van der Waals surface area (Å²) in [6.07, 6.45) is 13.2. The molecule has 0 aliphatic rings. The van der Waals surface area contributed by atoms with Gasteiger partial charge in [-0.1, -0.05) is 64.7 Å². The van der Waals surface area contributed by atoms with Gasteiger partial charge in [-0.15, -0.1) is 0 Å². The molecule has 0 radical (unpaired) electrons. The number of hydrogen-bond acceptors (Lipinski definition) is 21. The Bertz CT molecular complexity index is 897. The van der Waals surface area contributed by atoms with Crippen LogP contribution in [0.25, 0.3) is 0 Å². The van der Waals surface area contributed by atoms with Gasteiger partial charge in [-0.25, -0.2) is 0 Å². The third-order valence-electron chi connectivity index (χ3n) is 10.4. The van der Waals surface area contributed by atoms with Gasteiger partial charge in [-0.3, -0.25) is 4.90 Å². The first-order valence-corrected chi connectivity index (χ1v) is 27.7. The summed E-state index contributed by atoms with van der Waals surface area (Å²) < 4.78 is 99.4. The van der Waals surface area contributed by atoms with Crippen LogP contribution < -0.4 is 0 Å². The number of hydrogen-bond donors (Lipinski definition) is 2. The van der Waals surface area contributed by atoms with E-state index in [2.05, 4.69) is 11.8 Å². The summed E-state index contributed by atoms with van der Waals surface area (Å²) in [6.45, 7) is 23.2. The Morgan fingerprint density at radius 3 is 0.548 bits per heavy atom. The van der Waals surface area contributed by atoms with Crippen molar-refractivity contribution < 1.29 is 95.5 Å². The van der Waals surface area contributed by atoms with Gasteiger partial charge in [-0.05, 0) is 13.0 Å². The van der Waals surface area contributed by atoms with Gasteiger partial charge in [0.05, 0.1) is 251 Å². The Kier molecular flexibility index (Phi) is 68.4. The van der Waals surface area contributed by atoms with Gasteiger partial charge in [0.15, 0.2) is 0 Å². The number of rotatable bonds is 69. The molecule has 0 aliphatic heterocycles. The van der Waals surface area contributed by atoms with Crippen LogP contribution in [0.5, 0.6) is 0 Å². The molecular formula is C52H107NO20.